The molecule has 4 aromatic carbocycles. The standard InChI is InChI=1S/C35H38N2O2/c1-27(2)25-36-35(39)33(23-28-15-7-3-8-16-28)37(26-29-17-9-4-10-18-29)34(38)24-32(30-19-11-5-12-20-30)31-21-13-6-14-22-31/h3-22,27,32-33H,23-26H2,1-2H3,(H,36,39)/t33-/m1/s1. The van der Waals surface area contributed by atoms with Crippen molar-refractivity contribution in [3.8, 4) is 0 Å². The van der Waals surface area contributed by atoms with Gasteiger partial charge >= 0.3 is 0 Å². The third-order valence-corrected chi connectivity index (χ3v) is 6.93. The van der Waals surface area contributed by atoms with Crippen LogP contribution < -0.4 is 5.32 Å². The Morgan fingerprint density at radius 1 is 0.667 bits per heavy atom. The molecule has 0 aromatic heterocycles. The molecular formula is C35H38N2O2. The van der Waals surface area contributed by atoms with Crippen molar-refractivity contribution in [3.63, 3.8) is 0 Å². The lowest BCUT2D eigenvalue weighted by molar-refractivity contribution is -0.141. The van der Waals surface area contributed by atoms with Gasteiger partial charge in [-0.05, 0) is 28.2 Å². The first-order valence-electron chi connectivity index (χ1n) is 13.8. The molecule has 0 unspecified atom stereocenters. The smallest absolute Gasteiger partial charge is 0.243 e. The summed E-state index contributed by atoms with van der Waals surface area (Å²) in [6.07, 6.45) is 0.717. The summed E-state index contributed by atoms with van der Waals surface area (Å²) in [4.78, 5) is 29.8. The fraction of sp³-hybridized carbons (Fsp3) is 0.257. The van der Waals surface area contributed by atoms with Gasteiger partial charge in [-0.2, -0.15) is 0 Å². The Labute approximate surface area is 232 Å². The highest BCUT2D eigenvalue weighted by atomic mass is 16.2. The van der Waals surface area contributed by atoms with Crippen molar-refractivity contribution in [2.45, 2.75) is 45.2 Å². The van der Waals surface area contributed by atoms with Crippen molar-refractivity contribution in [1.82, 2.24) is 10.2 Å². The van der Waals surface area contributed by atoms with Gasteiger partial charge in [0.1, 0.15) is 6.04 Å². The third kappa shape index (κ3) is 8.15. The fourth-order valence-corrected chi connectivity index (χ4v) is 4.85. The van der Waals surface area contributed by atoms with Crippen LogP contribution in [0.2, 0.25) is 0 Å². The van der Waals surface area contributed by atoms with Gasteiger partial charge in [0.15, 0.2) is 0 Å². The van der Waals surface area contributed by atoms with E-state index in [1.54, 1.807) is 4.90 Å². The average molecular weight is 519 g/mol. The molecule has 200 valence electrons. The Bertz CT molecular complexity index is 1250. The van der Waals surface area contributed by atoms with Crippen LogP contribution in [0.25, 0.3) is 0 Å². The molecule has 0 aliphatic rings. The molecule has 0 saturated heterocycles. The van der Waals surface area contributed by atoms with Crippen LogP contribution in [0.1, 0.15) is 48.4 Å². The molecule has 0 saturated carbocycles. The van der Waals surface area contributed by atoms with Crippen molar-refractivity contribution >= 4 is 11.8 Å². The molecule has 0 aliphatic heterocycles. The zero-order valence-electron chi connectivity index (χ0n) is 22.9. The maximum Gasteiger partial charge on any atom is 0.243 e. The number of amides is 2. The molecule has 4 rings (SSSR count). The van der Waals surface area contributed by atoms with Crippen LogP contribution in [0.4, 0.5) is 0 Å². The lowest BCUT2D eigenvalue weighted by atomic mass is 9.87. The minimum atomic E-state index is -0.633. The molecule has 4 heteroatoms. The molecular weight excluding hydrogens is 480 g/mol. The molecule has 0 bridgehead atoms. The Kier molecular flexibility index (Phi) is 10.1. The second-order valence-corrected chi connectivity index (χ2v) is 10.4. The minimum absolute atomic E-state index is 0.0443. The van der Waals surface area contributed by atoms with Crippen molar-refractivity contribution in [2.24, 2.45) is 5.92 Å². The Morgan fingerprint density at radius 3 is 1.62 bits per heavy atom. The fourth-order valence-electron chi connectivity index (χ4n) is 4.85. The van der Waals surface area contributed by atoms with Gasteiger partial charge in [0, 0.05) is 31.8 Å². The van der Waals surface area contributed by atoms with E-state index in [0.29, 0.717) is 25.4 Å². The van der Waals surface area contributed by atoms with Gasteiger partial charge in [-0.3, -0.25) is 9.59 Å². The maximum atomic E-state index is 14.3. The highest BCUT2D eigenvalue weighted by Crippen LogP contribution is 2.30. The highest BCUT2D eigenvalue weighted by Gasteiger charge is 2.32. The van der Waals surface area contributed by atoms with E-state index in [-0.39, 0.29) is 24.2 Å². The molecule has 1 atom stereocenters. The molecule has 4 aromatic rings. The second-order valence-electron chi connectivity index (χ2n) is 10.4. The third-order valence-electron chi connectivity index (χ3n) is 6.93. The van der Waals surface area contributed by atoms with E-state index in [0.717, 1.165) is 22.3 Å². The number of rotatable bonds is 12. The van der Waals surface area contributed by atoms with E-state index in [9.17, 15) is 9.59 Å². The summed E-state index contributed by atoms with van der Waals surface area (Å²) in [5, 5.41) is 3.11. The molecule has 0 spiro atoms. The van der Waals surface area contributed by atoms with Gasteiger partial charge in [0.2, 0.25) is 11.8 Å². The minimum Gasteiger partial charge on any atom is -0.354 e. The molecule has 0 radical (unpaired) electrons. The summed E-state index contributed by atoms with van der Waals surface area (Å²) in [6.45, 7) is 5.07. The van der Waals surface area contributed by atoms with E-state index >= 15 is 0 Å². The quantitative estimate of drug-likeness (QED) is 0.229. The van der Waals surface area contributed by atoms with Crippen LogP contribution in [-0.2, 0) is 22.6 Å². The largest absolute Gasteiger partial charge is 0.354 e. The van der Waals surface area contributed by atoms with Gasteiger partial charge < -0.3 is 10.2 Å². The SMILES string of the molecule is CC(C)CNC(=O)[C@@H](Cc1ccccc1)N(Cc1ccccc1)C(=O)CC(c1ccccc1)c1ccccc1. The van der Waals surface area contributed by atoms with E-state index in [4.69, 9.17) is 0 Å². The monoisotopic (exact) mass is 518 g/mol. The number of carbonyl (C=O) groups is 2. The molecule has 1 N–H and O–H groups in total. The Hall–Kier alpha value is -4.18. The normalized spacial score (nSPS) is 11.8. The number of nitrogens with zero attached hydrogens (tertiary/aromatic N) is 1. The van der Waals surface area contributed by atoms with E-state index in [1.807, 2.05) is 97.1 Å². The first-order chi connectivity index (χ1) is 19.0. The van der Waals surface area contributed by atoms with E-state index in [1.165, 1.54) is 0 Å². The van der Waals surface area contributed by atoms with Gasteiger partial charge in [0.05, 0.1) is 0 Å². The summed E-state index contributed by atoms with van der Waals surface area (Å²) >= 11 is 0. The van der Waals surface area contributed by atoms with Crippen LogP contribution in [0, 0.1) is 5.92 Å². The highest BCUT2D eigenvalue weighted by molar-refractivity contribution is 5.88. The topological polar surface area (TPSA) is 49.4 Å². The van der Waals surface area contributed by atoms with Crippen molar-refractivity contribution in [3.05, 3.63) is 144 Å². The first kappa shape index (κ1) is 27.8. The summed E-state index contributed by atoms with van der Waals surface area (Å²) in [6, 6.07) is 39.6. The van der Waals surface area contributed by atoms with Crippen LogP contribution >= 0.6 is 0 Å². The number of hydrogen-bond donors (Lipinski definition) is 1. The van der Waals surface area contributed by atoms with Gasteiger partial charge in [-0.15, -0.1) is 0 Å². The molecule has 0 aliphatic carbocycles. The zero-order chi connectivity index (χ0) is 27.5. The summed E-state index contributed by atoms with van der Waals surface area (Å²) in [7, 11) is 0. The number of hydrogen-bond acceptors (Lipinski definition) is 2. The lowest BCUT2D eigenvalue weighted by Gasteiger charge is -2.33. The molecule has 2 amide bonds. The first-order valence-corrected chi connectivity index (χ1v) is 13.8. The summed E-state index contributed by atoms with van der Waals surface area (Å²) in [5.41, 5.74) is 4.19. The second kappa shape index (κ2) is 14.1. The van der Waals surface area contributed by atoms with Crippen molar-refractivity contribution in [2.75, 3.05) is 6.54 Å². The number of benzene rings is 4. The molecule has 0 heterocycles. The van der Waals surface area contributed by atoms with Gasteiger partial charge in [-0.1, -0.05) is 135 Å². The van der Waals surface area contributed by atoms with Crippen molar-refractivity contribution < 1.29 is 9.59 Å². The van der Waals surface area contributed by atoms with E-state index < -0.39 is 6.04 Å². The van der Waals surface area contributed by atoms with Crippen LogP contribution in [0.5, 0.6) is 0 Å². The predicted octanol–water partition coefficient (Wildman–Crippen LogP) is 6.62. The van der Waals surface area contributed by atoms with Crippen molar-refractivity contribution in [1.29, 1.82) is 0 Å². The molecule has 39 heavy (non-hydrogen) atoms. The number of nitrogens with one attached hydrogen (secondary N) is 1. The number of carbonyl (C=O) groups excluding carboxylic acids is 2. The van der Waals surface area contributed by atoms with Crippen LogP contribution in [-0.4, -0.2) is 29.3 Å². The summed E-state index contributed by atoms with van der Waals surface area (Å²) < 4.78 is 0. The molecule has 0 fully saturated rings. The van der Waals surface area contributed by atoms with Crippen LogP contribution in [0.3, 0.4) is 0 Å². The Balaban J connectivity index is 1.71. The van der Waals surface area contributed by atoms with Crippen LogP contribution in [0.15, 0.2) is 121 Å². The maximum absolute atomic E-state index is 14.3. The van der Waals surface area contributed by atoms with Gasteiger partial charge in [0.25, 0.3) is 0 Å². The molecule has 4 nitrogen and oxygen atoms in total. The lowest BCUT2D eigenvalue weighted by Crippen LogP contribution is -2.51. The summed E-state index contributed by atoms with van der Waals surface area (Å²) in [5.74, 6) is 0.0319. The zero-order valence-corrected chi connectivity index (χ0v) is 22.9. The predicted molar refractivity (Wildman–Crippen MR) is 158 cm³/mol. The van der Waals surface area contributed by atoms with E-state index in [2.05, 4.69) is 43.4 Å². The van der Waals surface area contributed by atoms with Gasteiger partial charge in [-0.25, -0.2) is 0 Å². The average Bonchev–Trinajstić information content (AvgIpc) is 2.98. The Morgan fingerprint density at radius 2 is 1.13 bits per heavy atom.